The summed E-state index contributed by atoms with van der Waals surface area (Å²) in [5.74, 6) is 0. The summed E-state index contributed by atoms with van der Waals surface area (Å²) in [5.41, 5.74) is 11.2. The third kappa shape index (κ3) is 6.37. The highest BCUT2D eigenvalue weighted by Gasteiger charge is 2.11. The van der Waals surface area contributed by atoms with E-state index in [2.05, 4.69) is 5.32 Å². The van der Waals surface area contributed by atoms with E-state index in [1.165, 1.54) is 6.42 Å². The monoisotopic (exact) mass is 232 g/mol. The van der Waals surface area contributed by atoms with Crippen LogP contribution in [0, 0.1) is 0 Å². The van der Waals surface area contributed by atoms with Crippen LogP contribution in [0.5, 0.6) is 0 Å². The lowest BCUT2D eigenvalue weighted by molar-refractivity contribution is -0.225. The molecule has 1 aliphatic rings. The molecule has 5 N–H and O–H groups in total. The molecule has 6 nitrogen and oxygen atoms in total. The van der Waals surface area contributed by atoms with Crippen LogP contribution in [-0.2, 0) is 9.57 Å². The van der Waals surface area contributed by atoms with Crippen molar-refractivity contribution in [2.75, 3.05) is 46.1 Å². The highest BCUT2D eigenvalue weighted by Crippen LogP contribution is 2.04. The zero-order chi connectivity index (χ0) is 11.6. The predicted octanol–water partition coefficient (Wildman–Crippen LogP) is -1.14. The zero-order valence-electron chi connectivity index (χ0n) is 9.86. The van der Waals surface area contributed by atoms with Crippen LogP contribution in [0.15, 0.2) is 0 Å². The molecule has 0 aromatic heterocycles. The molecule has 6 heteroatoms. The summed E-state index contributed by atoms with van der Waals surface area (Å²) in [6, 6.07) is 0.0105. The van der Waals surface area contributed by atoms with Crippen molar-refractivity contribution in [3.8, 4) is 0 Å². The first kappa shape index (κ1) is 13.8. The van der Waals surface area contributed by atoms with E-state index in [0.717, 1.165) is 32.7 Å². The molecule has 1 unspecified atom stereocenters. The fraction of sp³-hybridized carbons (Fsp3) is 1.00. The van der Waals surface area contributed by atoms with Crippen LogP contribution >= 0.6 is 0 Å². The highest BCUT2D eigenvalue weighted by atomic mass is 16.7. The summed E-state index contributed by atoms with van der Waals surface area (Å²) >= 11 is 0. The van der Waals surface area contributed by atoms with Crippen LogP contribution in [-0.4, -0.2) is 57.2 Å². The average Bonchev–Trinajstić information content (AvgIpc) is 2.31. The minimum atomic E-state index is 0.0105. The Hall–Kier alpha value is -0.240. The first-order valence-electron chi connectivity index (χ1n) is 5.95. The largest absolute Gasteiger partial charge is 0.362 e. The van der Waals surface area contributed by atoms with Crippen LogP contribution in [0.1, 0.15) is 12.8 Å². The van der Waals surface area contributed by atoms with Gasteiger partial charge in [0.05, 0.1) is 13.2 Å². The zero-order valence-corrected chi connectivity index (χ0v) is 9.86. The molecular weight excluding hydrogens is 208 g/mol. The van der Waals surface area contributed by atoms with Crippen LogP contribution in [0.3, 0.4) is 0 Å². The minimum absolute atomic E-state index is 0.0105. The first-order valence-corrected chi connectivity index (χ1v) is 5.95. The van der Waals surface area contributed by atoms with Gasteiger partial charge in [0.2, 0.25) is 0 Å². The number of ether oxygens (including phenoxy) is 1. The molecule has 0 radical (unpaired) electrons. The van der Waals surface area contributed by atoms with Gasteiger partial charge in [-0.3, -0.25) is 4.84 Å². The Kier molecular flexibility index (Phi) is 7.65. The van der Waals surface area contributed by atoms with E-state index in [9.17, 15) is 0 Å². The Morgan fingerprint density at radius 1 is 1.44 bits per heavy atom. The van der Waals surface area contributed by atoms with Crippen molar-refractivity contribution < 1.29 is 9.57 Å². The van der Waals surface area contributed by atoms with Gasteiger partial charge in [0.25, 0.3) is 0 Å². The van der Waals surface area contributed by atoms with Gasteiger partial charge in [-0.15, -0.1) is 0 Å². The topological polar surface area (TPSA) is 85.8 Å². The maximum Gasteiger partial charge on any atom is 0.122 e. The van der Waals surface area contributed by atoms with Crippen molar-refractivity contribution in [2.24, 2.45) is 11.5 Å². The second kappa shape index (κ2) is 8.86. The van der Waals surface area contributed by atoms with Crippen LogP contribution in [0.4, 0.5) is 0 Å². The van der Waals surface area contributed by atoms with Gasteiger partial charge >= 0.3 is 0 Å². The van der Waals surface area contributed by atoms with Gasteiger partial charge in [-0.25, -0.2) is 0 Å². The summed E-state index contributed by atoms with van der Waals surface area (Å²) in [6.45, 7) is 4.95. The van der Waals surface area contributed by atoms with Crippen LogP contribution in [0.2, 0.25) is 0 Å². The Morgan fingerprint density at radius 2 is 2.31 bits per heavy atom. The maximum absolute atomic E-state index is 5.84. The lowest BCUT2D eigenvalue weighted by atomic mass is 10.3. The fourth-order valence-corrected chi connectivity index (χ4v) is 1.50. The Morgan fingerprint density at radius 3 is 3.00 bits per heavy atom. The molecule has 0 saturated carbocycles. The average molecular weight is 232 g/mol. The van der Waals surface area contributed by atoms with Crippen molar-refractivity contribution in [1.29, 1.82) is 0 Å². The van der Waals surface area contributed by atoms with E-state index in [1.54, 1.807) is 0 Å². The van der Waals surface area contributed by atoms with Gasteiger partial charge in [0.1, 0.15) is 6.73 Å². The molecule has 1 aliphatic heterocycles. The molecule has 0 aromatic carbocycles. The molecule has 1 rings (SSSR count). The minimum Gasteiger partial charge on any atom is -0.362 e. The Labute approximate surface area is 97.2 Å². The van der Waals surface area contributed by atoms with Crippen molar-refractivity contribution >= 4 is 0 Å². The van der Waals surface area contributed by atoms with Gasteiger partial charge in [-0.1, -0.05) is 0 Å². The Balaban J connectivity index is 1.92. The molecule has 1 heterocycles. The number of hydrogen-bond donors (Lipinski definition) is 3. The molecule has 96 valence electrons. The number of nitrogens with two attached hydrogens (primary N) is 2. The van der Waals surface area contributed by atoms with E-state index in [4.69, 9.17) is 21.0 Å². The molecule has 16 heavy (non-hydrogen) atoms. The normalized spacial score (nSPS) is 19.9. The van der Waals surface area contributed by atoms with Crippen LogP contribution in [0.25, 0.3) is 0 Å². The summed E-state index contributed by atoms with van der Waals surface area (Å²) in [7, 11) is 0. The molecule has 1 saturated heterocycles. The van der Waals surface area contributed by atoms with Gasteiger partial charge in [-0.05, 0) is 12.8 Å². The van der Waals surface area contributed by atoms with E-state index in [1.807, 2.05) is 5.06 Å². The van der Waals surface area contributed by atoms with E-state index in [-0.39, 0.29) is 6.04 Å². The summed E-state index contributed by atoms with van der Waals surface area (Å²) < 4.78 is 5.47. The van der Waals surface area contributed by atoms with E-state index in [0.29, 0.717) is 19.9 Å². The lowest BCUT2D eigenvalue weighted by Gasteiger charge is -2.26. The molecule has 0 aromatic rings. The summed E-state index contributed by atoms with van der Waals surface area (Å²) in [6.07, 6.45) is 2.31. The third-order valence-electron chi connectivity index (χ3n) is 2.37. The predicted molar refractivity (Wildman–Crippen MR) is 62.6 cm³/mol. The molecule has 0 spiro atoms. The van der Waals surface area contributed by atoms with Gasteiger partial charge < -0.3 is 21.5 Å². The first-order chi connectivity index (χ1) is 7.83. The van der Waals surface area contributed by atoms with Gasteiger partial charge in [0.15, 0.2) is 0 Å². The summed E-state index contributed by atoms with van der Waals surface area (Å²) in [5, 5.41) is 5.00. The molecular formula is C10H24N4O2. The SMILES string of the molecule is NCCNCC(N)COCN1CCCCO1. The molecule has 1 atom stereocenters. The Bertz CT molecular complexity index is 165. The second-order valence-corrected chi connectivity index (χ2v) is 4.00. The van der Waals surface area contributed by atoms with E-state index < -0.39 is 0 Å². The van der Waals surface area contributed by atoms with Crippen molar-refractivity contribution in [2.45, 2.75) is 18.9 Å². The maximum atomic E-state index is 5.84. The van der Waals surface area contributed by atoms with Crippen LogP contribution < -0.4 is 16.8 Å². The number of rotatable bonds is 8. The fourth-order valence-electron chi connectivity index (χ4n) is 1.50. The van der Waals surface area contributed by atoms with Crippen molar-refractivity contribution in [3.05, 3.63) is 0 Å². The molecule has 1 fully saturated rings. The lowest BCUT2D eigenvalue weighted by Crippen LogP contribution is -2.41. The number of hydroxylamine groups is 2. The summed E-state index contributed by atoms with van der Waals surface area (Å²) in [4.78, 5) is 5.39. The number of hydrogen-bond acceptors (Lipinski definition) is 6. The number of nitrogens with zero attached hydrogens (tertiary/aromatic N) is 1. The molecule has 0 amide bonds. The van der Waals surface area contributed by atoms with Gasteiger partial charge in [0, 0.05) is 32.2 Å². The quantitative estimate of drug-likeness (QED) is 0.459. The standard InChI is InChI=1S/C10H24N4O2/c11-3-4-13-7-10(12)8-15-9-14-5-1-2-6-16-14/h10,13H,1-9,11-12H2. The van der Waals surface area contributed by atoms with E-state index >= 15 is 0 Å². The van der Waals surface area contributed by atoms with Gasteiger partial charge in [-0.2, -0.15) is 5.06 Å². The second-order valence-electron chi connectivity index (χ2n) is 4.00. The molecule has 0 bridgehead atoms. The highest BCUT2D eigenvalue weighted by molar-refractivity contribution is 4.63. The van der Waals surface area contributed by atoms with Crippen molar-refractivity contribution in [1.82, 2.24) is 10.4 Å². The third-order valence-corrected chi connectivity index (χ3v) is 2.37. The van der Waals surface area contributed by atoms with Crippen molar-refractivity contribution in [3.63, 3.8) is 0 Å². The smallest absolute Gasteiger partial charge is 0.122 e. The number of nitrogens with one attached hydrogen (secondary N) is 1. The molecule has 0 aliphatic carbocycles.